The Balaban J connectivity index is 1.85. The van der Waals surface area contributed by atoms with Crippen molar-refractivity contribution in [1.82, 2.24) is 5.32 Å². The van der Waals surface area contributed by atoms with E-state index in [4.69, 9.17) is 5.11 Å². The summed E-state index contributed by atoms with van der Waals surface area (Å²) in [7, 11) is 0. The summed E-state index contributed by atoms with van der Waals surface area (Å²) in [4.78, 5) is 10.9. The molecule has 2 aliphatic rings. The summed E-state index contributed by atoms with van der Waals surface area (Å²) in [6, 6.07) is 0.868. The van der Waals surface area contributed by atoms with E-state index in [9.17, 15) is 4.79 Å². The Kier molecular flexibility index (Phi) is 2.54. The molecule has 0 heterocycles. The first-order valence-corrected chi connectivity index (χ1v) is 5.26. The molecule has 0 bridgehead atoms. The number of aliphatic carboxylic acids is 1. The van der Waals surface area contributed by atoms with E-state index in [0.717, 1.165) is 19.3 Å². The van der Waals surface area contributed by atoms with Crippen molar-refractivity contribution in [2.24, 2.45) is 5.92 Å². The molecule has 2 unspecified atom stereocenters. The van der Waals surface area contributed by atoms with Gasteiger partial charge in [-0.15, -0.1) is 0 Å². The maximum absolute atomic E-state index is 10.9. The first kappa shape index (κ1) is 9.00. The molecular formula is C10H17NO2. The summed E-state index contributed by atoms with van der Waals surface area (Å²) >= 11 is 0. The van der Waals surface area contributed by atoms with E-state index < -0.39 is 5.97 Å². The van der Waals surface area contributed by atoms with Gasteiger partial charge in [0, 0.05) is 12.1 Å². The van der Waals surface area contributed by atoms with Crippen LogP contribution < -0.4 is 5.32 Å². The van der Waals surface area contributed by atoms with E-state index in [2.05, 4.69) is 5.32 Å². The molecule has 3 heteroatoms. The summed E-state index contributed by atoms with van der Waals surface area (Å²) in [5.74, 6) is -0.741. The smallest absolute Gasteiger partial charge is 0.308 e. The van der Waals surface area contributed by atoms with Crippen molar-refractivity contribution in [1.29, 1.82) is 0 Å². The molecule has 0 aliphatic heterocycles. The van der Waals surface area contributed by atoms with Gasteiger partial charge < -0.3 is 10.4 Å². The SMILES string of the molecule is O=C(O)C1CCCC1NC1CCC1. The number of carbonyl (C=O) groups is 1. The van der Waals surface area contributed by atoms with Gasteiger partial charge in [0.2, 0.25) is 0 Å². The average molecular weight is 183 g/mol. The zero-order valence-corrected chi connectivity index (χ0v) is 7.83. The van der Waals surface area contributed by atoms with Gasteiger partial charge >= 0.3 is 5.97 Å². The number of carboxylic acid groups (broad SMARTS) is 1. The van der Waals surface area contributed by atoms with Crippen molar-refractivity contribution in [3.8, 4) is 0 Å². The topological polar surface area (TPSA) is 49.3 Å². The first-order valence-electron chi connectivity index (χ1n) is 5.26. The molecule has 0 amide bonds. The molecule has 2 atom stereocenters. The Labute approximate surface area is 78.5 Å². The summed E-state index contributed by atoms with van der Waals surface area (Å²) < 4.78 is 0. The van der Waals surface area contributed by atoms with Crippen LogP contribution >= 0.6 is 0 Å². The molecular weight excluding hydrogens is 166 g/mol. The number of hydrogen-bond acceptors (Lipinski definition) is 2. The minimum absolute atomic E-state index is 0.124. The van der Waals surface area contributed by atoms with E-state index >= 15 is 0 Å². The Hall–Kier alpha value is -0.570. The average Bonchev–Trinajstić information content (AvgIpc) is 2.44. The standard InChI is InChI=1S/C10H17NO2/c12-10(13)8-5-2-6-9(8)11-7-3-1-4-7/h7-9,11H,1-6H2,(H,12,13). The van der Waals surface area contributed by atoms with Crippen molar-refractivity contribution in [2.45, 2.75) is 50.6 Å². The molecule has 0 radical (unpaired) electrons. The molecule has 0 spiro atoms. The zero-order chi connectivity index (χ0) is 9.26. The van der Waals surface area contributed by atoms with Crippen LogP contribution in [-0.2, 0) is 4.79 Å². The Morgan fingerprint density at radius 2 is 1.85 bits per heavy atom. The maximum Gasteiger partial charge on any atom is 0.308 e. The lowest BCUT2D eigenvalue weighted by molar-refractivity contribution is -0.142. The third kappa shape index (κ3) is 1.85. The highest BCUT2D eigenvalue weighted by Crippen LogP contribution is 2.28. The lowest BCUT2D eigenvalue weighted by Gasteiger charge is -2.31. The highest BCUT2D eigenvalue weighted by molar-refractivity contribution is 5.71. The summed E-state index contributed by atoms with van der Waals surface area (Å²) in [5.41, 5.74) is 0. The lowest BCUT2D eigenvalue weighted by atomic mass is 9.91. The van der Waals surface area contributed by atoms with E-state index in [0.29, 0.717) is 6.04 Å². The van der Waals surface area contributed by atoms with Crippen LogP contribution in [0.2, 0.25) is 0 Å². The van der Waals surface area contributed by atoms with Gasteiger partial charge in [0.05, 0.1) is 5.92 Å². The molecule has 74 valence electrons. The second-order valence-corrected chi connectivity index (χ2v) is 4.28. The van der Waals surface area contributed by atoms with Crippen molar-refractivity contribution < 1.29 is 9.90 Å². The van der Waals surface area contributed by atoms with Crippen molar-refractivity contribution >= 4 is 5.97 Å². The second-order valence-electron chi connectivity index (χ2n) is 4.28. The molecule has 2 aliphatic carbocycles. The number of carboxylic acids is 1. The van der Waals surface area contributed by atoms with Crippen LogP contribution in [0.1, 0.15) is 38.5 Å². The van der Waals surface area contributed by atoms with Crippen molar-refractivity contribution in [2.75, 3.05) is 0 Å². The Morgan fingerprint density at radius 3 is 2.38 bits per heavy atom. The van der Waals surface area contributed by atoms with E-state index in [-0.39, 0.29) is 12.0 Å². The van der Waals surface area contributed by atoms with Crippen molar-refractivity contribution in [3.05, 3.63) is 0 Å². The first-order chi connectivity index (χ1) is 6.27. The van der Waals surface area contributed by atoms with E-state index in [1.807, 2.05) is 0 Å². The van der Waals surface area contributed by atoms with Crippen LogP contribution in [0, 0.1) is 5.92 Å². The second kappa shape index (κ2) is 3.66. The highest BCUT2D eigenvalue weighted by atomic mass is 16.4. The predicted molar refractivity (Wildman–Crippen MR) is 49.5 cm³/mol. The fourth-order valence-electron chi connectivity index (χ4n) is 2.33. The zero-order valence-electron chi connectivity index (χ0n) is 7.83. The molecule has 2 saturated carbocycles. The van der Waals surface area contributed by atoms with Gasteiger partial charge in [-0.3, -0.25) is 4.79 Å². The third-order valence-electron chi connectivity index (χ3n) is 3.39. The van der Waals surface area contributed by atoms with Gasteiger partial charge in [-0.25, -0.2) is 0 Å². The van der Waals surface area contributed by atoms with Gasteiger partial charge in [-0.2, -0.15) is 0 Å². The number of hydrogen-bond donors (Lipinski definition) is 2. The summed E-state index contributed by atoms with van der Waals surface area (Å²) in [6.45, 7) is 0. The Bertz CT molecular complexity index is 201. The molecule has 2 fully saturated rings. The quantitative estimate of drug-likeness (QED) is 0.695. The van der Waals surface area contributed by atoms with Gasteiger partial charge in [0.15, 0.2) is 0 Å². The molecule has 0 aromatic carbocycles. The van der Waals surface area contributed by atoms with Crippen LogP contribution in [0.3, 0.4) is 0 Å². The molecule has 0 saturated heterocycles. The highest BCUT2D eigenvalue weighted by Gasteiger charge is 2.34. The molecule has 2 rings (SSSR count). The van der Waals surface area contributed by atoms with Crippen LogP contribution in [0.25, 0.3) is 0 Å². The van der Waals surface area contributed by atoms with E-state index in [1.165, 1.54) is 19.3 Å². The lowest BCUT2D eigenvalue weighted by Crippen LogP contribution is -2.45. The van der Waals surface area contributed by atoms with Gasteiger partial charge in [0.1, 0.15) is 0 Å². The van der Waals surface area contributed by atoms with Crippen LogP contribution in [0.5, 0.6) is 0 Å². The van der Waals surface area contributed by atoms with Gasteiger partial charge in [-0.05, 0) is 25.7 Å². The van der Waals surface area contributed by atoms with Crippen LogP contribution in [0.15, 0.2) is 0 Å². The molecule has 3 nitrogen and oxygen atoms in total. The monoisotopic (exact) mass is 183 g/mol. The van der Waals surface area contributed by atoms with Crippen LogP contribution in [0.4, 0.5) is 0 Å². The predicted octanol–water partition coefficient (Wildman–Crippen LogP) is 1.38. The van der Waals surface area contributed by atoms with Crippen LogP contribution in [-0.4, -0.2) is 23.2 Å². The normalized spacial score (nSPS) is 34.5. The minimum Gasteiger partial charge on any atom is -0.481 e. The van der Waals surface area contributed by atoms with Gasteiger partial charge in [0.25, 0.3) is 0 Å². The minimum atomic E-state index is -0.616. The summed E-state index contributed by atoms with van der Waals surface area (Å²) in [6.07, 6.45) is 6.77. The molecule has 0 aromatic heterocycles. The molecule has 2 N–H and O–H groups in total. The third-order valence-corrected chi connectivity index (χ3v) is 3.39. The fourth-order valence-corrected chi connectivity index (χ4v) is 2.33. The van der Waals surface area contributed by atoms with Crippen molar-refractivity contribution in [3.63, 3.8) is 0 Å². The fraction of sp³-hybridized carbons (Fsp3) is 0.900. The van der Waals surface area contributed by atoms with Gasteiger partial charge in [-0.1, -0.05) is 12.8 Å². The summed E-state index contributed by atoms with van der Waals surface area (Å²) in [5, 5.41) is 12.4. The Morgan fingerprint density at radius 1 is 1.15 bits per heavy atom. The maximum atomic E-state index is 10.9. The molecule has 0 aromatic rings. The largest absolute Gasteiger partial charge is 0.481 e. The number of nitrogens with one attached hydrogen (secondary N) is 1. The molecule has 13 heavy (non-hydrogen) atoms. The van der Waals surface area contributed by atoms with E-state index in [1.54, 1.807) is 0 Å². The number of rotatable bonds is 3.